The van der Waals surface area contributed by atoms with Crippen LogP contribution in [-0.4, -0.2) is 58.9 Å². The highest BCUT2D eigenvalue weighted by molar-refractivity contribution is 7.80. The van der Waals surface area contributed by atoms with Crippen molar-refractivity contribution in [3.63, 3.8) is 0 Å². The van der Waals surface area contributed by atoms with E-state index in [0.717, 1.165) is 11.1 Å². The van der Waals surface area contributed by atoms with Gasteiger partial charge in [-0.25, -0.2) is 4.79 Å². The highest BCUT2D eigenvalue weighted by atomic mass is 32.1. The quantitative estimate of drug-likeness (QED) is 0.324. The van der Waals surface area contributed by atoms with Crippen LogP contribution in [0.5, 0.6) is 0 Å². The van der Waals surface area contributed by atoms with Gasteiger partial charge in [-0.3, -0.25) is 14.5 Å². The summed E-state index contributed by atoms with van der Waals surface area (Å²) in [5.74, 6) is -0.917. The van der Waals surface area contributed by atoms with Gasteiger partial charge in [-0.2, -0.15) is 0 Å². The Morgan fingerprint density at radius 2 is 1.43 bits per heavy atom. The molecule has 0 unspecified atom stereocenters. The molecule has 1 fully saturated rings. The van der Waals surface area contributed by atoms with E-state index in [1.807, 2.05) is 65.6 Å². The molecule has 0 bridgehead atoms. The molecule has 0 aromatic heterocycles. The first-order chi connectivity index (χ1) is 18.0. The average Bonchev–Trinajstić information content (AvgIpc) is 3.15. The normalized spacial score (nSPS) is 15.1. The number of carbonyl (C=O) groups excluding carboxylic acids is 3. The van der Waals surface area contributed by atoms with Gasteiger partial charge in [0.2, 0.25) is 5.91 Å². The minimum Gasteiger partial charge on any atom is -0.465 e. The minimum atomic E-state index is -0.679. The van der Waals surface area contributed by atoms with Gasteiger partial charge in [-0.05, 0) is 60.5 Å². The Kier molecular flexibility index (Phi) is 8.64. The maximum Gasteiger partial charge on any atom is 0.337 e. The number of ether oxygens (including phenoxy) is 1. The summed E-state index contributed by atoms with van der Waals surface area (Å²) in [7, 11) is 1.31. The van der Waals surface area contributed by atoms with Crippen molar-refractivity contribution in [3.05, 3.63) is 102 Å². The van der Waals surface area contributed by atoms with E-state index >= 15 is 0 Å². The van der Waals surface area contributed by atoms with Crippen molar-refractivity contribution in [1.29, 1.82) is 0 Å². The van der Waals surface area contributed by atoms with Crippen molar-refractivity contribution in [2.24, 2.45) is 0 Å². The van der Waals surface area contributed by atoms with Gasteiger partial charge in [0.15, 0.2) is 5.11 Å². The number of esters is 1. The monoisotopic (exact) mass is 515 g/mol. The van der Waals surface area contributed by atoms with Crippen LogP contribution in [0.25, 0.3) is 0 Å². The number of methoxy groups -OCH3 is 1. The summed E-state index contributed by atoms with van der Waals surface area (Å²) in [6.45, 7) is 0.985. The third-order valence-corrected chi connectivity index (χ3v) is 6.78. The Balaban J connectivity index is 1.45. The lowest BCUT2D eigenvalue weighted by Gasteiger charge is -2.24. The van der Waals surface area contributed by atoms with Crippen LogP contribution in [0.4, 0.5) is 5.69 Å². The molecule has 1 aliphatic heterocycles. The van der Waals surface area contributed by atoms with Crippen molar-refractivity contribution in [1.82, 2.24) is 9.80 Å². The number of amides is 2. The lowest BCUT2D eigenvalue weighted by molar-refractivity contribution is -0.130. The number of hydrogen-bond donors (Lipinski definition) is 1. The number of hydrogen-bond acceptors (Lipinski definition) is 5. The molecule has 7 nitrogen and oxygen atoms in total. The van der Waals surface area contributed by atoms with Gasteiger partial charge in [-0.1, -0.05) is 60.7 Å². The number of thiocarbonyl (C=S) groups is 1. The number of carbonyl (C=O) groups is 3. The molecule has 1 atom stereocenters. The van der Waals surface area contributed by atoms with Crippen molar-refractivity contribution in [2.45, 2.75) is 25.3 Å². The highest BCUT2D eigenvalue weighted by Crippen LogP contribution is 2.23. The average molecular weight is 516 g/mol. The third kappa shape index (κ3) is 6.59. The summed E-state index contributed by atoms with van der Waals surface area (Å²) in [5.41, 5.74) is 3.17. The first-order valence-corrected chi connectivity index (χ1v) is 12.5. The number of benzene rings is 3. The van der Waals surface area contributed by atoms with Crippen LogP contribution < -0.4 is 5.32 Å². The van der Waals surface area contributed by atoms with Crippen LogP contribution in [0, 0.1) is 0 Å². The molecular formula is C29H29N3O4S. The first-order valence-electron chi connectivity index (χ1n) is 12.1. The maximum atomic E-state index is 13.5. The topological polar surface area (TPSA) is 78.9 Å². The summed E-state index contributed by atoms with van der Waals surface area (Å²) >= 11 is 5.74. The Bertz CT molecular complexity index is 1250. The third-order valence-electron chi connectivity index (χ3n) is 6.32. The van der Waals surface area contributed by atoms with Crippen LogP contribution in [0.2, 0.25) is 0 Å². The first kappa shape index (κ1) is 26.0. The predicted octanol–water partition coefficient (Wildman–Crippen LogP) is 4.08. The molecule has 0 spiro atoms. The molecule has 0 saturated carbocycles. The minimum absolute atomic E-state index is 0.0334. The zero-order valence-corrected chi connectivity index (χ0v) is 21.4. The second kappa shape index (κ2) is 12.3. The maximum absolute atomic E-state index is 13.5. The molecular weight excluding hydrogens is 486 g/mol. The number of nitrogens with one attached hydrogen (secondary N) is 1. The van der Waals surface area contributed by atoms with E-state index in [-0.39, 0.29) is 18.2 Å². The van der Waals surface area contributed by atoms with Gasteiger partial charge in [0.25, 0.3) is 5.91 Å². The van der Waals surface area contributed by atoms with Crippen molar-refractivity contribution >= 4 is 40.8 Å². The number of nitrogens with zero attached hydrogens (tertiary/aromatic N) is 2. The molecule has 8 heteroatoms. The predicted molar refractivity (Wildman–Crippen MR) is 146 cm³/mol. The zero-order chi connectivity index (χ0) is 26.2. The Labute approximate surface area is 222 Å². The number of anilines is 1. The van der Waals surface area contributed by atoms with E-state index < -0.39 is 12.0 Å². The summed E-state index contributed by atoms with van der Waals surface area (Å²) in [6.07, 6.45) is 1.34. The Morgan fingerprint density at radius 3 is 2.00 bits per heavy atom. The van der Waals surface area contributed by atoms with E-state index in [2.05, 4.69) is 5.32 Å². The molecule has 1 saturated heterocycles. The largest absolute Gasteiger partial charge is 0.465 e. The van der Waals surface area contributed by atoms with Crippen molar-refractivity contribution in [2.75, 3.05) is 25.5 Å². The van der Waals surface area contributed by atoms with E-state index in [0.29, 0.717) is 42.3 Å². The molecule has 4 rings (SSSR count). The van der Waals surface area contributed by atoms with Gasteiger partial charge in [0.05, 0.1) is 19.1 Å². The Morgan fingerprint density at radius 1 is 0.865 bits per heavy atom. The fraction of sp³-hybridized carbons (Fsp3) is 0.241. The van der Waals surface area contributed by atoms with Gasteiger partial charge >= 0.3 is 5.97 Å². The van der Waals surface area contributed by atoms with Crippen molar-refractivity contribution in [3.8, 4) is 0 Å². The second-order valence-corrected chi connectivity index (χ2v) is 9.14. The fourth-order valence-corrected chi connectivity index (χ4v) is 4.73. The molecule has 37 heavy (non-hydrogen) atoms. The SMILES string of the molecule is COC(=O)c1ccc(NC(=O)C[C@H]2C(=O)N(CCc3ccccc3)C(=S)N2CCc2ccccc2)cc1. The summed E-state index contributed by atoms with van der Waals surface area (Å²) in [6, 6.07) is 25.7. The molecule has 3 aromatic carbocycles. The van der Waals surface area contributed by atoms with Gasteiger partial charge in [0, 0.05) is 18.8 Å². The Hall–Kier alpha value is -4.04. The van der Waals surface area contributed by atoms with E-state index in [4.69, 9.17) is 17.0 Å². The highest BCUT2D eigenvalue weighted by Gasteiger charge is 2.42. The molecule has 1 heterocycles. The fourth-order valence-electron chi connectivity index (χ4n) is 4.33. The molecule has 0 aliphatic carbocycles. The molecule has 0 radical (unpaired) electrons. The van der Waals surface area contributed by atoms with Gasteiger partial charge in [-0.15, -0.1) is 0 Å². The van der Waals surface area contributed by atoms with E-state index in [1.54, 1.807) is 29.2 Å². The smallest absolute Gasteiger partial charge is 0.337 e. The molecule has 190 valence electrons. The second-order valence-electron chi connectivity index (χ2n) is 8.77. The van der Waals surface area contributed by atoms with Crippen molar-refractivity contribution < 1.29 is 19.1 Å². The zero-order valence-electron chi connectivity index (χ0n) is 20.6. The van der Waals surface area contributed by atoms with Crippen LogP contribution in [-0.2, 0) is 27.2 Å². The molecule has 1 N–H and O–H groups in total. The lowest BCUT2D eigenvalue weighted by Crippen LogP contribution is -2.39. The van der Waals surface area contributed by atoms with E-state index in [9.17, 15) is 14.4 Å². The summed E-state index contributed by atoms with van der Waals surface area (Å²) in [5, 5.41) is 3.28. The van der Waals surface area contributed by atoms with E-state index in [1.165, 1.54) is 7.11 Å². The van der Waals surface area contributed by atoms with Crippen LogP contribution in [0.1, 0.15) is 27.9 Å². The summed E-state index contributed by atoms with van der Waals surface area (Å²) < 4.78 is 4.71. The van der Waals surface area contributed by atoms with Crippen LogP contribution >= 0.6 is 12.2 Å². The molecule has 3 aromatic rings. The standard InChI is InChI=1S/C29H29N3O4S/c1-36-28(35)23-12-14-24(15-13-23)30-26(33)20-25-27(34)32(19-17-22-10-6-3-7-11-22)29(37)31(25)18-16-21-8-4-2-5-9-21/h2-15,25H,16-20H2,1H3,(H,30,33)/t25-/m0/s1. The lowest BCUT2D eigenvalue weighted by atomic mass is 10.1. The van der Waals surface area contributed by atoms with Gasteiger partial charge in [0.1, 0.15) is 6.04 Å². The molecule has 1 aliphatic rings. The van der Waals surface area contributed by atoms with Gasteiger partial charge < -0.3 is 15.0 Å². The van der Waals surface area contributed by atoms with Crippen LogP contribution in [0.15, 0.2) is 84.9 Å². The number of rotatable bonds is 10. The van der Waals surface area contributed by atoms with Crippen LogP contribution in [0.3, 0.4) is 0 Å². The summed E-state index contributed by atoms with van der Waals surface area (Å²) in [4.78, 5) is 41.6. The molecule has 2 amide bonds.